The molecule has 1 rings (SSSR count). The lowest BCUT2D eigenvalue weighted by atomic mass is 9.90. The van der Waals surface area contributed by atoms with Crippen LogP contribution in [0.3, 0.4) is 0 Å². The maximum Gasteiger partial charge on any atom is 0.0662 e. The lowest BCUT2D eigenvalue weighted by molar-refractivity contribution is -0.0360. The van der Waals surface area contributed by atoms with Crippen LogP contribution in [0.1, 0.15) is 19.3 Å². The van der Waals surface area contributed by atoms with E-state index in [-0.39, 0.29) is 5.54 Å². The van der Waals surface area contributed by atoms with E-state index in [1.165, 1.54) is 0 Å². The molecule has 1 unspecified atom stereocenters. The summed E-state index contributed by atoms with van der Waals surface area (Å²) in [5.74, 6) is 0. The highest BCUT2D eigenvalue weighted by Crippen LogP contribution is 2.24. The smallest absolute Gasteiger partial charge is 0.0662 e. The topological polar surface area (TPSA) is 47.7 Å². The minimum atomic E-state index is 0.0615. The number of methoxy groups -OCH3 is 1. The van der Waals surface area contributed by atoms with Crippen molar-refractivity contribution in [1.29, 1.82) is 0 Å². The highest BCUT2D eigenvalue weighted by atomic mass is 16.5. The van der Waals surface area contributed by atoms with Gasteiger partial charge in [0.1, 0.15) is 0 Å². The van der Waals surface area contributed by atoms with Crippen LogP contribution in [-0.2, 0) is 9.47 Å². The SMILES string of the molecule is COCCCN(C)C1(CN)CCCOC1. The number of hydrogen-bond donors (Lipinski definition) is 1. The lowest BCUT2D eigenvalue weighted by Crippen LogP contribution is -2.57. The number of rotatable bonds is 6. The summed E-state index contributed by atoms with van der Waals surface area (Å²) in [6.45, 7) is 4.16. The van der Waals surface area contributed by atoms with Gasteiger partial charge in [0, 0.05) is 33.4 Å². The molecule has 0 aromatic rings. The average molecular weight is 216 g/mol. The Morgan fingerprint density at radius 3 is 2.87 bits per heavy atom. The zero-order chi connectivity index (χ0) is 11.1. The molecule has 15 heavy (non-hydrogen) atoms. The van der Waals surface area contributed by atoms with E-state index in [1.54, 1.807) is 7.11 Å². The number of hydrogen-bond acceptors (Lipinski definition) is 4. The van der Waals surface area contributed by atoms with Crippen LogP contribution in [0.4, 0.5) is 0 Å². The maximum absolute atomic E-state index is 5.89. The van der Waals surface area contributed by atoms with Gasteiger partial charge in [-0.25, -0.2) is 0 Å². The second kappa shape index (κ2) is 6.43. The van der Waals surface area contributed by atoms with Gasteiger partial charge in [0.25, 0.3) is 0 Å². The van der Waals surface area contributed by atoms with Crippen LogP contribution in [-0.4, -0.2) is 57.5 Å². The third-order valence-electron chi connectivity index (χ3n) is 3.33. The summed E-state index contributed by atoms with van der Waals surface area (Å²) < 4.78 is 10.6. The van der Waals surface area contributed by atoms with Gasteiger partial charge in [0.05, 0.1) is 12.1 Å². The zero-order valence-corrected chi connectivity index (χ0v) is 10.00. The van der Waals surface area contributed by atoms with E-state index >= 15 is 0 Å². The van der Waals surface area contributed by atoms with E-state index in [9.17, 15) is 0 Å². The number of likely N-dealkylation sites (N-methyl/N-ethyl adjacent to an activating group) is 1. The van der Waals surface area contributed by atoms with E-state index in [1.807, 2.05) is 0 Å². The number of nitrogens with zero attached hydrogens (tertiary/aromatic N) is 1. The molecule has 1 aliphatic rings. The molecular weight excluding hydrogens is 192 g/mol. The van der Waals surface area contributed by atoms with Crippen molar-refractivity contribution in [2.45, 2.75) is 24.8 Å². The summed E-state index contributed by atoms with van der Waals surface area (Å²) in [5, 5.41) is 0. The number of nitrogens with two attached hydrogens (primary N) is 1. The Hall–Kier alpha value is -0.160. The standard InChI is InChI=1S/C11H24N2O2/c1-13(6-4-7-14-2)11(9-12)5-3-8-15-10-11/h3-10,12H2,1-2H3. The molecule has 1 fully saturated rings. The lowest BCUT2D eigenvalue weighted by Gasteiger charge is -2.43. The van der Waals surface area contributed by atoms with Gasteiger partial charge in [-0.3, -0.25) is 4.90 Å². The molecule has 4 nitrogen and oxygen atoms in total. The van der Waals surface area contributed by atoms with Crippen LogP contribution in [0.5, 0.6) is 0 Å². The van der Waals surface area contributed by atoms with Gasteiger partial charge in [-0.2, -0.15) is 0 Å². The van der Waals surface area contributed by atoms with Gasteiger partial charge < -0.3 is 15.2 Å². The summed E-state index contributed by atoms with van der Waals surface area (Å²) in [6.07, 6.45) is 3.31. The Labute approximate surface area is 92.7 Å². The maximum atomic E-state index is 5.89. The molecule has 0 aromatic heterocycles. The quantitative estimate of drug-likeness (QED) is 0.655. The van der Waals surface area contributed by atoms with Gasteiger partial charge in [0.2, 0.25) is 0 Å². The first-order valence-corrected chi connectivity index (χ1v) is 5.73. The highest BCUT2D eigenvalue weighted by Gasteiger charge is 2.35. The molecule has 0 aliphatic carbocycles. The van der Waals surface area contributed by atoms with E-state index in [0.717, 1.165) is 45.6 Å². The van der Waals surface area contributed by atoms with E-state index in [2.05, 4.69) is 11.9 Å². The van der Waals surface area contributed by atoms with Crippen LogP contribution in [0.25, 0.3) is 0 Å². The first kappa shape index (κ1) is 12.9. The predicted molar refractivity (Wildman–Crippen MR) is 61.0 cm³/mol. The summed E-state index contributed by atoms with van der Waals surface area (Å²) in [5.41, 5.74) is 5.95. The van der Waals surface area contributed by atoms with Crippen molar-refractivity contribution < 1.29 is 9.47 Å². The average Bonchev–Trinajstić information content (AvgIpc) is 2.30. The summed E-state index contributed by atoms with van der Waals surface area (Å²) in [7, 11) is 3.87. The molecule has 1 saturated heterocycles. The van der Waals surface area contributed by atoms with Crippen molar-refractivity contribution in [1.82, 2.24) is 4.90 Å². The monoisotopic (exact) mass is 216 g/mol. The second-order valence-electron chi connectivity index (χ2n) is 4.35. The molecular formula is C11H24N2O2. The van der Waals surface area contributed by atoms with Gasteiger partial charge in [-0.1, -0.05) is 0 Å². The minimum Gasteiger partial charge on any atom is -0.385 e. The van der Waals surface area contributed by atoms with Crippen molar-refractivity contribution in [2.75, 3.05) is 47.1 Å². The molecule has 1 atom stereocenters. The van der Waals surface area contributed by atoms with Crippen molar-refractivity contribution >= 4 is 0 Å². The molecule has 2 N–H and O–H groups in total. The van der Waals surface area contributed by atoms with Gasteiger partial charge >= 0.3 is 0 Å². The predicted octanol–water partition coefficient (Wildman–Crippen LogP) is 0.463. The molecule has 90 valence electrons. The largest absolute Gasteiger partial charge is 0.385 e. The van der Waals surface area contributed by atoms with Crippen LogP contribution >= 0.6 is 0 Å². The zero-order valence-electron chi connectivity index (χ0n) is 10.00. The van der Waals surface area contributed by atoms with Crippen molar-refractivity contribution in [2.24, 2.45) is 5.73 Å². The Bertz CT molecular complexity index is 170. The van der Waals surface area contributed by atoms with E-state index in [4.69, 9.17) is 15.2 Å². The molecule has 1 heterocycles. The number of ether oxygens (including phenoxy) is 2. The van der Waals surface area contributed by atoms with Crippen molar-refractivity contribution in [3.63, 3.8) is 0 Å². The highest BCUT2D eigenvalue weighted by molar-refractivity contribution is 4.92. The third-order valence-corrected chi connectivity index (χ3v) is 3.33. The molecule has 0 radical (unpaired) electrons. The molecule has 0 aromatic carbocycles. The van der Waals surface area contributed by atoms with Gasteiger partial charge in [0.15, 0.2) is 0 Å². The minimum absolute atomic E-state index is 0.0615. The van der Waals surface area contributed by atoms with E-state index in [0.29, 0.717) is 6.54 Å². The Morgan fingerprint density at radius 2 is 2.33 bits per heavy atom. The van der Waals surface area contributed by atoms with Crippen LogP contribution in [0, 0.1) is 0 Å². The fourth-order valence-corrected chi connectivity index (χ4v) is 2.14. The van der Waals surface area contributed by atoms with Crippen LogP contribution < -0.4 is 5.73 Å². The second-order valence-corrected chi connectivity index (χ2v) is 4.35. The van der Waals surface area contributed by atoms with E-state index < -0.39 is 0 Å². The fraction of sp³-hybridized carbons (Fsp3) is 1.00. The summed E-state index contributed by atoms with van der Waals surface area (Å²) >= 11 is 0. The first-order valence-electron chi connectivity index (χ1n) is 5.73. The van der Waals surface area contributed by atoms with Crippen molar-refractivity contribution in [3.05, 3.63) is 0 Å². The van der Waals surface area contributed by atoms with Gasteiger partial charge in [-0.05, 0) is 26.3 Å². The molecule has 0 spiro atoms. The van der Waals surface area contributed by atoms with Gasteiger partial charge in [-0.15, -0.1) is 0 Å². The van der Waals surface area contributed by atoms with Crippen LogP contribution in [0.2, 0.25) is 0 Å². The molecule has 0 bridgehead atoms. The molecule has 4 heteroatoms. The molecule has 0 saturated carbocycles. The van der Waals surface area contributed by atoms with Crippen LogP contribution in [0.15, 0.2) is 0 Å². The molecule has 1 aliphatic heterocycles. The third kappa shape index (κ3) is 3.41. The summed E-state index contributed by atoms with van der Waals surface area (Å²) in [4.78, 5) is 2.34. The first-order chi connectivity index (χ1) is 7.25. The molecule has 0 amide bonds. The Morgan fingerprint density at radius 1 is 1.53 bits per heavy atom. The van der Waals surface area contributed by atoms with Crippen molar-refractivity contribution in [3.8, 4) is 0 Å². The summed E-state index contributed by atoms with van der Waals surface area (Å²) in [6, 6.07) is 0. The Balaban J connectivity index is 2.40. The normalized spacial score (nSPS) is 27.2. The fourth-order valence-electron chi connectivity index (χ4n) is 2.14. The Kier molecular flexibility index (Phi) is 5.53.